The van der Waals surface area contributed by atoms with Gasteiger partial charge in [-0.25, -0.2) is 0 Å². The average molecular weight is 202 g/mol. The van der Waals surface area contributed by atoms with Gasteiger partial charge >= 0.3 is 0 Å². The quantitative estimate of drug-likeness (QED) is 0.664. The van der Waals surface area contributed by atoms with Crippen LogP contribution in [0, 0.1) is 12.8 Å². The fourth-order valence-electron chi connectivity index (χ4n) is 3.13. The molecule has 15 heavy (non-hydrogen) atoms. The van der Waals surface area contributed by atoms with Crippen molar-refractivity contribution in [2.24, 2.45) is 5.92 Å². The van der Waals surface area contributed by atoms with Crippen LogP contribution in [-0.4, -0.2) is 0 Å². The third kappa shape index (κ3) is 1.95. The van der Waals surface area contributed by atoms with E-state index in [0.717, 1.165) is 11.8 Å². The Morgan fingerprint density at radius 2 is 2.00 bits per heavy atom. The molecule has 2 rings (SSSR count). The van der Waals surface area contributed by atoms with Gasteiger partial charge in [-0.05, 0) is 49.1 Å². The van der Waals surface area contributed by atoms with E-state index in [4.69, 9.17) is 0 Å². The minimum Gasteiger partial charge on any atom is -0.0651 e. The van der Waals surface area contributed by atoms with E-state index < -0.39 is 0 Å². The molecule has 0 heterocycles. The molecule has 1 aromatic rings. The maximum atomic E-state index is 2.42. The van der Waals surface area contributed by atoms with Crippen LogP contribution in [0.5, 0.6) is 0 Å². The molecular formula is C15H22. The molecule has 0 fully saturated rings. The monoisotopic (exact) mass is 202 g/mol. The van der Waals surface area contributed by atoms with Crippen molar-refractivity contribution in [1.82, 2.24) is 0 Å². The van der Waals surface area contributed by atoms with E-state index in [9.17, 15) is 0 Å². The van der Waals surface area contributed by atoms with Gasteiger partial charge < -0.3 is 0 Å². The Balaban J connectivity index is 2.39. The first-order valence-electron chi connectivity index (χ1n) is 6.35. The van der Waals surface area contributed by atoms with E-state index in [1.165, 1.54) is 31.2 Å². The number of rotatable bonds is 2. The molecule has 0 nitrogen and oxygen atoms in total. The third-order valence-corrected chi connectivity index (χ3v) is 4.02. The highest BCUT2D eigenvalue weighted by Gasteiger charge is 2.26. The van der Waals surface area contributed by atoms with E-state index in [1.807, 2.05) is 0 Å². The molecule has 2 unspecified atom stereocenters. The van der Waals surface area contributed by atoms with E-state index in [2.05, 4.69) is 39.0 Å². The fourth-order valence-corrected chi connectivity index (χ4v) is 3.13. The second-order valence-corrected chi connectivity index (χ2v) is 4.92. The molecule has 1 aliphatic carbocycles. The highest BCUT2D eigenvalue weighted by Crippen LogP contribution is 2.40. The third-order valence-electron chi connectivity index (χ3n) is 4.02. The van der Waals surface area contributed by atoms with Crippen LogP contribution in [0.3, 0.4) is 0 Å². The van der Waals surface area contributed by atoms with E-state index in [1.54, 1.807) is 11.1 Å². The van der Waals surface area contributed by atoms with E-state index in [0.29, 0.717) is 0 Å². The smallest absolute Gasteiger partial charge is 0.0133 e. The fraction of sp³-hybridized carbons (Fsp3) is 0.600. The second-order valence-electron chi connectivity index (χ2n) is 4.92. The van der Waals surface area contributed by atoms with Crippen molar-refractivity contribution >= 4 is 0 Å². The SMILES string of the molecule is CCC1CCc2ccc(C)cc2C1CC. The van der Waals surface area contributed by atoms with Gasteiger partial charge in [0.05, 0.1) is 0 Å². The molecule has 82 valence electrons. The number of aryl methyl sites for hydroxylation is 2. The summed E-state index contributed by atoms with van der Waals surface area (Å²) >= 11 is 0. The lowest BCUT2D eigenvalue weighted by molar-refractivity contribution is 0.353. The summed E-state index contributed by atoms with van der Waals surface area (Å²) in [5, 5.41) is 0. The summed E-state index contributed by atoms with van der Waals surface area (Å²) in [6, 6.07) is 7.03. The van der Waals surface area contributed by atoms with Gasteiger partial charge in [-0.3, -0.25) is 0 Å². The standard InChI is InChI=1S/C15H22/c1-4-12-8-9-13-7-6-11(3)10-15(13)14(12)5-2/h6-7,10,12,14H,4-5,8-9H2,1-3H3. The topological polar surface area (TPSA) is 0 Å². The van der Waals surface area contributed by atoms with Crippen LogP contribution >= 0.6 is 0 Å². The molecule has 0 aliphatic heterocycles. The highest BCUT2D eigenvalue weighted by molar-refractivity contribution is 5.36. The normalized spacial score (nSPS) is 25.0. The number of fused-ring (bicyclic) bond motifs is 1. The van der Waals surface area contributed by atoms with Crippen molar-refractivity contribution < 1.29 is 0 Å². The van der Waals surface area contributed by atoms with Crippen LogP contribution < -0.4 is 0 Å². The van der Waals surface area contributed by atoms with Crippen molar-refractivity contribution in [1.29, 1.82) is 0 Å². The van der Waals surface area contributed by atoms with Crippen LogP contribution in [0.15, 0.2) is 18.2 Å². The number of hydrogen-bond donors (Lipinski definition) is 0. The summed E-state index contributed by atoms with van der Waals surface area (Å²) in [4.78, 5) is 0. The van der Waals surface area contributed by atoms with Crippen LogP contribution in [-0.2, 0) is 6.42 Å². The Kier molecular flexibility index (Phi) is 3.14. The van der Waals surface area contributed by atoms with Gasteiger partial charge in [-0.15, -0.1) is 0 Å². The van der Waals surface area contributed by atoms with Gasteiger partial charge in [-0.2, -0.15) is 0 Å². The van der Waals surface area contributed by atoms with Crippen molar-refractivity contribution in [3.8, 4) is 0 Å². The molecule has 0 amide bonds. The zero-order chi connectivity index (χ0) is 10.8. The summed E-state index contributed by atoms with van der Waals surface area (Å²) in [7, 11) is 0. The van der Waals surface area contributed by atoms with E-state index in [-0.39, 0.29) is 0 Å². The summed E-state index contributed by atoms with van der Waals surface area (Å²) in [5.74, 6) is 1.74. The first-order chi connectivity index (χ1) is 7.26. The van der Waals surface area contributed by atoms with Gasteiger partial charge in [0.2, 0.25) is 0 Å². The number of hydrogen-bond acceptors (Lipinski definition) is 0. The lowest BCUT2D eigenvalue weighted by atomic mass is 9.72. The van der Waals surface area contributed by atoms with Gasteiger partial charge in [0.15, 0.2) is 0 Å². The van der Waals surface area contributed by atoms with Crippen molar-refractivity contribution in [2.45, 2.75) is 52.4 Å². The Morgan fingerprint density at radius 3 is 2.67 bits per heavy atom. The molecule has 0 spiro atoms. The van der Waals surface area contributed by atoms with Crippen LogP contribution in [0.1, 0.15) is 55.7 Å². The summed E-state index contributed by atoms with van der Waals surface area (Å²) < 4.78 is 0. The Hall–Kier alpha value is -0.780. The Labute approximate surface area is 93.7 Å². The van der Waals surface area contributed by atoms with Gasteiger partial charge in [0.1, 0.15) is 0 Å². The summed E-state index contributed by atoms with van der Waals surface area (Å²) in [6.07, 6.45) is 5.33. The molecule has 1 aromatic carbocycles. The lowest BCUT2D eigenvalue weighted by Crippen LogP contribution is -2.19. The first-order valence-corrected chi connectivity index (χ1v) is 6.35. The summed E-state index contributed by atoms with van der Waals surface area (Å²) in [6.45, 7) is 6.89. The van der Waals surface area contributed by atoms with Crippen LogP contribution in [0.25, 0.3) is 0 Å². The van der Waals surface area contributed by atoms with Crippen LogP contribution in [0.2, 0.25) is 0 Å². The Bertz CT molecular complexity index is 338. The highest BCUT2D eigenvalue weighted by atomic mass is 14.3. The van der Waals surface area contributed by atoms with Crippen molar-refractivity contribution in [2.75, 3.05) is 0 Å². The average Bonchev–Trinajstić information content (AvgIpc) is 2.27. The van der Waals surface area contributed by atoms with E-state index >= 15 is 0 Å². The largest absolute Gasteiger partial charge is 0.0651 e. The predicted molar refractivity (Wildman–Crippen MR) is 66.3 cm³/mol. The van der Waals surface area contributed by atoms with Gasteiger partial charge in [0, 0.05) is 0 Å². The van der Waals surface area contributed by atoms with Crippen molar-refractivity contribution in [3.05, 3.63) is 34.9 Å². The molecule has 0 N–H and O–H groups in total. The number of benzene rings is 1. The molecule has 0 aromatic heterocycles. The summed E-state index contributed by atoms with van der Waals surface area (Å²) in [5.41, 5.74) is 4.68. The maximum absolute atomic E-state index is 2.42. The molecule has 0 bridgehead atoms. The maximum Gasteiger partial charge on any atom is -0.0133 e. The van der Waals surface area contributed by atoms with Crippen LogP contribution in [0.4, 0.5) is 0 Å². The lowest BCUT2D eigenvalue weighted by Gasteiger charge is -2.32. The minimum atomic E-state index is 0.818. The van der Waals surface area contributed by atoms with Crippen molar-refractivity contribution in [3.63, 3.8) is 0 Å². The molecule has 1 aliphatic rings. The molecule has 0 saturated carbocycles. The first kappa shape index (κ1) is 10.7. The Morgan fingerprint density at radius 1 is 1.20 bits per heavy atom. The molecule has 2 atom stereocenters. The van der Waals surface area contributed by atoms with Gasteiger partial charge in [-0.1, -0.05) is 44.0 Å². The zero-order valence-electron chi connectivity index (χ0n) is 10.2. The zero-order valence-corrected chi connectivity index (χ0v) is 10.2. The predicted octanol–water partition coefficient (Wildman–Crippen LogP) is 4.46. The molecule has 0 saturated heterocycles. The van der Waals surface area contributed by atoms with Gasteiger partial charge in [0.25, 0.3) is 0 Å². The second kappa shape index (κ2) is 4.38. The molecular weight excluding hydrogens is 180 g/mol. The molecule has 0 heteroatoms. The molecule has 0 radical (unpaired) electrons. The minimum absolute atomic E-state index is 0.818.